The van der Waals surface area contributed by atoms with E-state index in [1.54, 1.807) is 12.1 Å². The van der Waals surface area contributed by atoms with E-state index in [0.717, 1.165) is 52.8 Å². The van der Waals surface area contributed by atoms with Crippen LogP contribution in [0.2, 0.25) is 0 Å². The van der Waals surface area contributed by atoms with Crippen molar-refractivity contribution in [3.8, 4) is 5.75 Å². The lowest BCUT2D eigenvalue weighted by Crippen LogP contribution is -2.23. The summed E-state index contributed by atoms with van der Waals surface area (Å²) in [6.07, 6.45) is 2.88. The smallest absolute Gasteiger partial charge is 0.326 e. The van der Waals surface area contributed by atoms with E-state index < -0.39 is 5.82 Å². The molecule has 0 unspecified atom stereocenters. The van der Waals surface area contributed by atoms with Crippen molar-refractivity contribution in [1.29, 1.82) is 0 Å². The van der Waals surface area contributed by atoms with Gasteiger partial charge in [-0.1, -0.05) is 12.1 Å². The molecule has 1 aromatic heterocycles. The number of nitrogens with zero attached hydrogens (tertiary/aromatic N) is 1. The zero-order valence-corrected chi connectivity index (χ0v) is 17.7. The van der Waals surface area contributed by atoms with Crippen molar-refractivity contribution in [2.75, 3.05) is 13.1 Å². The lowest BCUT2D eigenvalue weighted by atomic mass is 9.92. The highest BCUT2D eigenvalue weighted by molar-refractivity contribution is 5.95. The molecule has 1 fully saturated rings. The average molecular weight is 445 g/mol. The second-order valence-electron chi connectivity index (χ2n) is 8.51. The summed E-state index contributed by atoms with van der Waals surface area (Å²) in [5.41, 5.74) is 5.41. The van der Waals surface area contributed by atoms with Crippen molar-refractivity contribution in [3.05, 3.63) is 99.0 Å². The van der Waals surface area contributed by atoms with Gasteiger partial charge in [0.1, 0.15) is 24.0 Å². The number of H-pyrrole nitrogens is 1. The van der Waals surface area contributed by atoms with Crippen LogP contribution in [0.5, 0.6) is 5.75 Å². The molecule has 0 amide bonds. The Morgan fingerprint density at radius 3 is 2.64 bits per heavy atom. The third-order valence-electron chi connectivity index (χ3n) is 6.43. The minimum atomic E-state index is -0.396. The van der Waals surface area contributed by atoms with Gasteiger partial charge in [-0.05, 0) is 72.1 Å². The quantitative estimate of drug-likeness (QED) is 0.473. The predicted octanol–water partition coefficient (Wildman–Crippen LogP) is 4.62. The Bertz CT molecular complexity index is 1420. The van der Waals surface area contributed by atoms with Crippen molar-refractivity contribution in [2.24, 2.45) is 0 Å². The van der Waals surface area contributed by atoms with Gasteiger partial charge in [-0.3, -0.25) is 4.57 Å². The van der Waals surface area contributed by atoms with Crippen LogP contribution in [0, 0.1) is 11.6 Å². The maximum Gasteiger partial charge on any atom is 0.326 e. The lowest BCUT2D eigenvalue weighted by Gasteiger charge is -2.12. The predicted molar refractivity (Wildman–Crippen MR) is 123 cm³/mol. The first kappa shape index (κ1) is 19.9. The van der Waals surface area contributed by atoms with Gasteiger partial charge in [0.25, 0.3) is 0 Å². The van der Waals surface area contributed by atoms with Gasteiger partial charge in [-0.15, -0.1) is 0 Å². The van der Waals surface area contributed by atoms with Crippen molar-refractivity contribution >= 4 is 22.7 Å². The first-order valence-electron chi connectivity index (χ1n) is 10.9. The van der Waals surface area contributed by atoms with Crippen LogP contribution in [0.15, 0.2) is 59.4 Å². The Labute approximate surface area is 188 Å². The zero-order valence-electron chi connectivity index (χ0n) is 17.7. The number of aromatic amines is 1. The van der Waals surface area contributed by atoms with E-state index in [4.69, 9.17) is 4.74 Å². The van der Waals surface area contributed by atoms with Crippen LogP contribution < -0.4 is 15.7 Å². The molecule has 0 radical (unpaired) electrons. The molecule has 6 rings (SSSR count). The van der Waals surface area contributed by atoms with Crippen LogP contribution >= 0.6 is 0 Å². The van der Waals surface area contributed by atoms with Gasteiger partial charge in [0, 0.05) is 23.7 Å². The second kappa shape index (κ2) is 7.71. The molecule has 7 heteroatoms. The number of imidazole rings is 1. The summed E-state index contributed by atoms with van der Waals surface area (Å²) >= 11 is 0. The Morgan fingerprint density at radius 2 is 1.82 bits per heavy atom. The Hall–Kier alpha value is -3.71. The molecular formula is C26H21F2N3O2. The van der Waals surface area contributed by atoms with Gasteiger partial charge in [-0.25, -0.2) is 13.6 Å². The van der Waals surface area contributed by atoms with Crippen LogP contribution in [0.1, 0.15) is 34.7 Å². The van der Waals surface area contributed by atoms with Crippen molar-refractivity contribution in [1.82, 2.24) is 14.9 Å². The molecule has 1 saturated heterocycles. The van der Waals surface area contributed by atoms with Gasteiger partial charge < -0.3 is 15.0 Å². The number of ether oxygens (including phenoxy) is 1. The van der Waals surface area contributed by atoms with Gasteiger partial charge >= 0.3 is 5.69 Å². The van der Waals surface area contributed by atoms with E-state index in [2.05, 4.69) is 10.3 Å². The summed E-state index contributed by atoms with van der Waals surface area (Å²) in [7, 11) is 0. The van der Waals surface area contributed by atoms with Gasteiger partial charge in [0.2, 0.25) is 0 Å². The van der Waals surface area contributed by atoms with Crippen molar-refractivity contribution < 1.29 is 13.5 Å². The fourth-order valence-corrected chi connectivity index (χ4v) is 4.87. The number of rotatable bonds is 2. The molecule has 1 atom stereocenters. The highest BCUT2D eigenvalue weighted by Crippen LogP contribution is 2.38. The molecule has 33 heavy (non-hydrogen) atoms. The monoisotopic (exact) mass is 445 g/mol. The molecule has 5 nitrogen and oxygen atoms in total. The fraction of sp³-hybridized carbons (Fsp3) is 0.192. The summed E-state index contributed by atoms with van der Waals surface area (Å²) in [5, 5.41) is 3.30. The highest BCUT2D eigenvalue weighted by atomic mass is 19.1. The molecule has 0 aliphatic carbocycles. The Morgan fingerprint density at radius 1 is 1.00 bits per heavy atom. The van der Waals surface area contributed by atoms with Crippen LogP contribution in [0.4, 0.5) is 8.78 Å². The molecule has 3 aromatic carbocycles. The van der Waals surface area contributed by atoms with E-state index in [1.165, 1.54) is 24.3 Å². The average Bonchev–Trinajstić information content (AvgIpc) is 3.40. The summed E-state index contributed by atoms with van der Waals surface area (Å²) in [6, 6.07) is 15.0. The molecule has 0 saturated carbocycles. The summed E-state index contributed by atoms with van der Waals surface area (Å²) in [6.45, 7) is 1.82. The number of halogens is 2. The minimum absolute atomic E-state index is 0.118. The molecule has 166 valence electrons. The van der Waals surface area contributed by atoms with Gasteiger partial charge in [0.15, 0.2) is 0 Å². The minimum Gasteiger partial charge on any atom is -0.488 e. The normalized spacial score (nSPS) is 18.7. The Kier molecular flexibility index (Phi) is 4.66. The fourth-order valence-electron chi connectivity index (χ4n) is 4.87. The van der Waals surface area contributed by atoms with Gasteiger partial charge in [-0.2, -0.15) is 0 Å². The molecule has 0 spiro atoms. The molecule has 0 bridgehead atoms. The maximum atomic E-state index is 13.9. The van der Waals surface area contributed by atoms with E-state index in [-0.39, 0.29) is 24.2 Å². The zero-order chi connectivity index (χ0) is 22.5. The largest absolute Gasteiger partial charge is 0.488 e. The number of hydrogen-bond donors (Lipinski definition) is 2. The SMILES string of the molecule is O=c1[nH]c2cc(/C=C3\c4ccc(F)cc4COc4cc(F)ccc43)ccc2n1[C@@H]1CCNC1. The first-order valence-corrected chi connectivity index (χ1v) is 10.9. The first-order chi connectivity index (χ1) is 16.1. The molecule has 4 aromatic rings. The molecular weight excluding hydrogens is 424 g/mol. The number of nitrogens with one attached hydrogen (secondary N) is 2. The standard InChI is InChI=1S/C26H21F2N3O2/c27-17-2-4-20-16(11-17)14-33-25-12-18(28)3-5-21(25)22(20)9-15-1-6-24-23(10-15)30-26(32)31(24)19-7-8-29-13-19/h1-6,9-12,19,29H,7-8,13-14H2,(H,30,32)/b22-9+/t19-/m1/s1. The maximum absolute atomic E-state index is 13.9. The van der Waals surface area contributed by atoms with E-state index in [0.29, 0.717) is 11.3 Å². The number of fused-ring (bicyclic) bond motifs is 3. The summed E-state index contributed by atoms with van der Waals surface area (Å²) in [4.78, 5) is 15.6. The van der Waals surface area contributed by atoms with Crippen LogP contribution in [-0.2, 0) is 6.61 Å². The third-order valence-corrected chi connectivity index (χ3v) is 6.43. The van der Waals surface area contributed by atoms with E-state index in [9.17, 15) is 13.6 Å². The second-order valence-corrected chi connectivity index (χ2v) is 8.51. The summed E-state index contributed by atoms with van der Waals surface area (Å²) in [5.74, 6) is -0.338. The molecule has 2 aliphatic heterocycles. The lowest BCUT2D eigenvalue weighted by molar-refractivity contribution is 0.305. The molecule has 2 aliphatic rings. The molecule has 3 heterocycles. The number of hydrogen-bond acceptors (Lipinski definition) is 3. The number of aromatic nitrogens is 2. The summed E-state index contributed by atoms with van der Waals surface area (Å²) < 4.78 is 35.5. The van der Waals surface area contributed by atoms with E-state index in [1.807, 2.05) is 28.8 Å². The van der Waals surface area contributed by atoms with E-state index >= 15 is 0 Å². The topological polar surface area (TPSA) is 59.1 Å². The number of benzene rings is 3. The third kappa shape index (κ3) is 3.45. The highest BCUT2D eigenvalue weighted by Gasteiger charge is 2.22. The van der Waals surface area contributed by atoms with Gasteiger partial charge in [0.05, 0.1) is 17.1 Å². The van der Waals surface area contributed by atoms with Crippen LogP contribution in [-0.4, -0.2) is 22.6 Å². The van der Waals surface area contributed by atoms with Crippen LogP contribution in [0.25, 0.3) is 22.7 Å². The molecule has 2 N–H and O–H groups in total. The van der Waals surface area contributed by atoms with Crippen LogP contribution in [0.3, 0.4) is 0 Å². The Balaban J connectivity index is 1.52. The van der Waals surface area contributed by atoms with Crippen molar-refractivity contribution in [3.63, 3.8) is 0 Å². The van der Waals surface area contributed by atoms with Crippen molar-refractivity contribution in [2.45, 2.75) is 19.1 Å².